The van der Waals surface area contributed by atoms with Gasteiger partial charge in [-0.2, -0.15) is 5.10 Å². The number of hydrogen-bond donors (Lipinski definition) is 1. The minimum Gasteiger partial charge on any atom is -0.327 e. The zero-order valence-corrected chi connectivity index (χ0v) is 16.1. The van der Waals surface area contributed by atoms with Crippen molar-refractivity contribution in [3.8, 4) is 16.8 Å². The molecule has 0 radical (unpaired) electrons. The van der Waals surface area contributed by atoms with Crippen molar-refractivity contribution in [2.24, 2.45) is 5.73 Å². The maximum atomic E-state index is 12.7. The number of nitrogens with two attached hydrogens (primary N) is 1. The van der Waals surface area contributed by atoms with Gasteiger partial charge in [0, 0.05) is 24.5 Å². The van der Waals surface area contributed by atoms with Gasteiger partial charge >= 0.3 is 5.69 Å². The van der Waals surface area contributed by atoms with E-state index in [0.29, 0.717) is 22.7 Å². The van der Waals surface area contributed by atoms with Crippen LogP contribution in [0.3, 0.4) is 0 Å². The summed E-state index contributed by atoms with van der Waals surface area (Å²) in [6.45, 7) is 1.78. The number of rotatable bonds is 4. The molecule has 0 saturated carbocycles. The van der Waals surface area contributed by atoms with Crippen LogP contribution in [0.5, 0.6) is 0 Å². The van der Waals surface area contributed by atoms with Crippen LogP contribution in [0.1, 0.15) is 16.3 Å². The van der Waals surface area contributed by atoms with E-state index in [1.54, 1.807) is 19.3 Å². The average molecular weight is 406 g/mol. The lowest BCUT2D eigenvalue weighted by atomic mass is 10.3. The summed E-state index contributed by atoms with van der Waals surface area (Å²) >= 11 is 1.38. The van der Waals surface area contributed by atoms with Gasteiger partial charge in [0.1, 0.15) is 10.8 Å². The van der Waals surface area contributed by atoms with Gasteiger partial charge in [0.25, 0.3) is 0 Å². The SMILES string of the molecule is Cc1nn(C/C(=C/F)CN)c(=O)n1-c1ccc(C#Cc2cccnc2)s1.Cl. The Kier molecular flexibility index (Phi) is 7.07. The first-order valence-corrected chi connectivity index (χ1v) is 8.61. The first kappa shape index (κ1) is 20.6. The normalized spacial score (nSPS) is 10.9. The van der Waals surface area contributed by atoms with Crippen LogP contribution in [0.2, 0.25) is 0 Å². The second-order valence-corrected chi connectivity index (χ2v) is 6.49. The van der Waals surface area contributed by atoms with Gasteiger partial charge in [0.15, 0.2) is 0 Å². The van der Waals surface area contributed by atoms with Crippen LogP contribution in [0.4, 0.5) is 4.39 Å². The van der Waals surface area contributed by atoms with E-state index in [9.17, 15) is 9.18 Å². The van der Waals surface area contributed by atoms with Gasteiger partial charge in [-0.3, -0.25) is 4.98 Å². The molecule has 3 rings (SSSR count). The summed E-state index contributed by atoms with van der Waals surface area (Å²) in [4.78, 5) is 17.4. The molecule has 0 bridgehead atoms. The Morgan fingerprint density at radius 2 is 2.19 bits per heavy atom. The van der Waals surface area contributed by atoms with Crippen LogP contribution in [-0.2, 0) is 6.54 Å². The summed E-state index contributed by atoms with van der Waals surface area (Å²) in [6, 6.07) is 7.36. The molecule has 0 aromatic carbocycles. The van der Waals surface area contributed by atoms with Gasteiger partial charge in [0.05, 0.1) is 17.8 Å². The van der Waals surface area contributed by atoms with Gasteiger partial charge in [-0.25, -0.2) is 18.4 Å². The largest absolute Gasteiger partial charge is 0.351 e. The first-order valence-electron chi connectivity index (χ1n) is 7.79. The zero-order valence-electron chi connectivity index (χ0n) is 14.4. The fraction of sp³-hybridized carbons (Fsp3) is 0.167. The molecule has 3 aromatic rings. The molecular weight excluding hydrogens is 389 g/mol. The van der Waals surface area contributed by atoms with E-state index < -0.39 is 0 Å². The molecule has 0 amide bonds. The number of nitrogens with zero attached hydrogens (tertiary/aromatic N) is 4. The monoisotopic (exact) mass is 405 g/mol. The minimum absolute atomic E-state index is 0. The van der Waals surface area contributed by atoms with E-state index in [4.69, 9.17) is 5.73 Å². The molecule has 0 atom stereocenters. The van der Waals surface area contributed by atoms with Crippen molar-refractivity contribution in [3.05, 3.63) is 75.3 Å². The highest BCUT2D eigenvalue weighted by Gasteiger charge is 2.14. The molecule has 0 fully saturated rings. The molecular formula is C18H17ClFN5OS. The van der Waals surface area contributed by atoms with E-state index >= 15 is 0 Å². The molecule has 0 saturated heterocycles. The summed E-state index contributed by atoms with van der Waals surface area (Å²) < 4.78 is 15.4. The maximum Gasteiger partial charge on any atom is 0.351 e. The lowest BCUT2D eigenvalue weighted by molar-refractivity contribution is 0.611. The summed E-state index contributed by atoms with van der Waals surface area (Å²) in [7, 11) is 0. The van der Waals surface area contributed by atoms with Gasteiger partial charge in [-0.05, 0) is 36.8 Å². The second kappa shape index (κ2) is 9.28. The molecule has 0 unspecified atom stereocenters. The topological polar surface area (TPSA) is 78.7 Å². The van der Waals surface area contributed by atoms with Crippen molar-refractivity contribution in [1.82, 2.24) is 19.3 Å². The van der Waals surface area contributed by atoms with Gasteiger partial charge in [-0.15, -0.1) is 23.7 Å². The Hall–Kier alpha value is -2.73. The molecule has 9 heteroatoms. The van der Waals surface area contributed by atoms with Crippen LogP contribution in [0.25, 0.3) is 5.00 Å². The average Bonchev–Trinajstić information content (AvgIpc) is 3.22. The molecule has 0 aliphatic heterocycles. The number of aromatic nitrogens is 4. The summed E-state index contributed by atoms with van der Waals surface area (Å²) in [5.74, 6) is 6.60. The molecule has 0 aliphatic carbocycles. The third-order valence-corrected chi connectivity index (χ3v) is 4.56. The lowest BCUT2D eigenvalue weighted by Gasteiger charge is -2.00. The molecule has 3 aromatic heterocycles. The fourth-order valence-corrected chi connectivity index (χ4v) is 3.20. The number of aryl methyl sites for hydroxylation is 1. The van der Waals surface area contributed by atoms with E-state index in [-0.39, 0.29) is 31.2 Å². The van der Waals surface area contributed by atoms with Gasteiger partial charge < -0.3 is 5.73 Å². The molecule has 6 nitrogen and oxygen atoms in total. The zero-order chi connectivity index (χ0) is 18.5. The maximum absolute atomic E-state index is 12.7. The van der Waals surface area contributed by atoms with Gasteiger partial charge in [-0.1, -0.05) is 11.8 Å². The van der Waals surface area contributed by atoms with Crippen LogP contribution < -0.4 is 11.4 Å². The summed E-state index contributed by atoms with van der Waals surface area (Å²) in [5.41, 5.74) is 6.22. The lowest BCUT2D eigenvalue weighted by Crippen LogP contribution is -2.25. The highest BCUT2D eigenvalue weighted by Crippen LogP contribution is 2.20. The quantitative estimate of drug-likeness (QED) is 0.676. The van der Waals surface area contributed by atoms with Crippen molar-refractivity contribution in [1.29, 1.82) is 0 Å². The van der Waals surface area contributed by atoms with Crippen molar-refractivity contribution in [3.63, 3.8) is 0 Å². The molecule has 140 valence electrons. The third kappa shape index (κ3) is 4.71. The predicted molar refractivity (Wildman–Crippen MR) is 106 cm³/mol. The molecule has 3 heterocycles. The van der Waals surface area contributed by atoms with E-state index in [1.165, 1.54) is 20.6 Å². The Balaban J connectivity index is 0.00000261. The summed E-state index contributed by atoms with van der Waals surface area (Å²) in [6.07, 6.45) is 3.79. The Morgan fingerprint density at radius 3 is 2.85 bits per heavy atom. The predicted octanol–water partition coefficient (Wildman–Crippen LogP) is 2.43. The fourth-order valence-electron chi connectivity index (χ4n) is 2.29. The number of hydrogen-bond acceptors (Lipinski definition) is 5. The van der Waals surface area contributed by atoms with Crippen LogP contribution >= 0.6 is 23.7 Å². The molecule has 0 spiro atoms. The van der Waals surface area contributed by atoms with Crippen molar-refractivity contribution in [2.45, 2.75) is 13.5 Å². The molecule has 2 N–H and O–H groups in total. The second-order valence-electron chi connectivity index (χ2n) is 5.42. The smallest absolute Gasteiger partial charge is 0.327 e. The van der Waals surface area contributed by atoms with E-state index in [0.717, 1.165) is 10.4 Å². The number of pyridine rings is 1. The molecule has 0 aliphatic rings. The van der Waals surface area contributed by atoms with Crippen LogP contribution in [0.15, 0.2) is 53.4 Å². The van der Waals surface area contributed by atoms with Crippen LogP contribution in [-0.4, -0.2) is 25.9 Å². The number of thiophene rings is 1. The van der Waals surface area contributed by atoms with E-state index in [2.05, 4.69) is 21.9 Å². The van der Waals surface area contributed by atoms with Crippen molar-refractivity contribution >= 4 is 23.7 Å². The molecule has 27 heavy (non-hydrogen) atoms. The Bertz CT molecular complexity index is 1060. The minimum atomic E-state index is -0.344. The first-order chi connectivity index (χ1) is 12.6. The Morgan fingerprint density at radius 1 is 1.37 bits per heavy atom. The van der Waals surface area contributed by atoms with Crippen molar-refractivity contribution in [2.75, 3.05) is 6.54 Å². The van der Waals surface area contributed by atoms with E-state index in [1.807, 2.05) is 24.3 Å². The highest BCUT2D eigenvalue weighted by atomic mass is 35.5. The highest BCUT2D eigenvalue weighted by molar-refractivity contribution is 7.15. The van der Waals surface area contributed by atoms with Crippen LogP contribution in [0, 0.1) is 18.8 Å². The Labute approximate surface area is 165 Å². The summed E-state index contributed by atoms with van der Waals surface area (Å²) in [5, 5.41) is 4.89. The standard InChI is InChI=1S/C18H16FN5OS.ClH/c1-13-22-23(12-15(9-19)10-20)18(25)24(13)17-7-6-16(26-17)5-4-14-3-2-8-21-11-14;/h2-3,6-9,11H,10,12,20H2,1H3;1H/b15-9+;. The number of halogens is 2. The van der Waals surface area contributed by atoms with Gasteiger partial charge in [0.2, 0.25) is 0 Å². The van der Waals surface area contributed by atoms with Crippen molar-refractivity contribution < 1.29 is 4.39 Å². The third-order valence-electron chi connectivity index (χ3n) is 3.57.